The van der Waals surface area contributed by atoms with Gasteiger partial charge in [-0.2, -0.15) is 0 Å². The molecular weight excluding hydrogens is 184 g/mol. The quantitative estimate of drug-likeness (QED) is 0.726. The maximum absolute atomic E-state index is 10.6. The summed E-state index contributed by atoms with van der Waals surface area (Å²) in [5.74, 6) is 0. The largest absolute Gasteiger partial charge is 0.385 e. The third-order valence-corrected chi connectivity index (χ3v) is 2.57. The van der Waals surface area contributed by atoms with Crippen LogP contribution in [0.3, 0.4) is 0 Å². The van der Waals surface area contributed by atoms with Crippen molar-refractivity contribution in [1.29, 1.82) is 0 Å². The molecule has 1 rings (SSSR count). The van der Waals surface area contributed by atoms with E-state index in [0.29, 0.717) is 6.42 Å². The van der Waals surface area contributed by atoms with Crippen LogP contribution >= 0.6 is 0 Å². The van der Waals surface area contributed by atoms with Crippen LogP contribution in [0, 0.1) is 0 Å². The molecule has 0 fully saturated rings. The van der Waals surface area contributed by atoms with Crippen molar-refractivity contribution in [2.45, 2.75) is 38.7 Å². The summed E-state index contributed by atoms with van der Waals surface area (Å²) in [4.78, 5) is 0. The van der Waals surface area contributed by atoms with Gasteiger partial charge in [-0.05, 0) is 18.9 Å². The molecular formula is C14H20O. The molecule has 0 saturated heterocycles. The number of hydrogen-bond acceptors (Lipinski definition) is 1. The zero-order valence-electron chi connectivity index (χ0n) is 9.66. The molecule has 0 amide bonds. The standard InChI is InChI=1S/C14H20O/c1-4-10-14(15,11-12(2)3)13-8-6-5-7-9-13/h5-9,15H,2,4,10-11H2,1,3H3. The number of benzene rings is 1. The molecule has 0 aliphatic carbocycles. The van der Waals surface area contributed by atoms with E-state index in [1.54, 1.807) is 0 Å². The number of rotatable bonds is 5. The van der Waals surface area contributed by atoms with Gasteiger partial charge in [0.2, 0.25) is 0 Å². The first-order chi connectivity index (χ1) is 7.08. The second-order valence-corrected chi connectivity index (χ2v) is 4.28. The summed E-state index contributed by atoms with van der Waals surface area (Å²) in [6, 6.07) is 9.87. The fourth-order valence-corrected chi connectivity index (χ4v) is 2.00. The van der Waals surface area contributed by atoms with Gasteiger partial charge in [0.1, 0.15) is 0 Å². The van der Waals surface area contributed by atoms with E-state index < -0.39 is 5.60 Å². The highest BCUT2D eigenvalue weighted by molar-refractivity contribution is 5.24. The Labute approximate surface area is 92.5 Å². The van der Waals surface area contributed by atoms with Gasteiger partial charge in [-0.15, -0.1) is 6.58 Å². The topological polar surface area (TPSA) is 20.2 Å². The molecule has 0 aromatic heterocycles. The van der Waals surface area contributed by atoms with Gasteiger partial charge in [-0.1, -0.05) is 49.2 Å². The molecule has 0 aliphatic rings. The molecule has 1 unspecified atom stereocenters. The van der Waals surface area contributed by atoms with E-state index >= 15 is 0 Å². The van der Waals surface area contributed by atoms with E-state index in [9.17, 15) is 5.11 Å². The molecule has 1 N–H and O–H groups in total. The average molecular weight is 204 g/mol. The first kappa shape index (κ1) is 12.0. The smallest absolute Gasteiger partial charge is 0.0933 e. The molecule has 0 saturated carbocycles. The lowest BCUT2D eigenvalue weighted by atomic mass is 9.84. The lowest BCUT2D eigenvalue weighted by molar-refractivity contribution is 0.0271. The third kappa shape index (κ3) is 3.21. The Kier molecular flexibility index (Phi) is 4.10. The molecule has 0 spiro atoms. The van der Waals surface area contributed by atoms with Gasteiger partial charge in [0.15, 0.2) is 0 Å². The van der Waals surface area contributed by atoms with Crippen molar-refractivity contribution in [2.75, 3.05) is 0 Å². The van der Waals surface area contributed by atoms with Crippen LogP contribution in [0.25, 0.3) is 0 Å². The Morgan fingerprint density at radius 3 is 2.40 bits per heavy atom. The Morgan fingerprint density at radius 2 is 1.93 bits per heavy atom. The maximum Gasteiger partial charge on any atom is 0.0933 e. The van der Waals surface area contributed by atoms with Gasteiger partial charge >= 0.3 is 0 Å². The molecule has 1 aromatic rings. The van der Waals surface area contributed by atoms with E-state index in [1.165, 1.54) is 0 Å². The van der Waals surface area contributed by atoms with E-state index in [4.69, 9.17) is 0 Å². The maximum atomic E-state index is 10.6. The van der Waals surface area contributed by atoms with Crippen LogP contribution in [0.5, 0.6) is 0 Å². The van der Waals surface area contributed by atoms with E-state index in [1.807, 2.05) is 37.3 Å². The summed E-state index contributed by atoms with van der Waals surface area (Å²) in [5.41, 5.74) is 1.28. The second-order valence-electron chi connectivity index (χ2n) is 4.28. The summed E-state index contributed by atoms with van der Waals surface area (Å²) < 4.78 is 0. The zero-order valence-corrected chi connectivity index (χ0v) is 9.66. The van der Waals surface area contributed by atoms with Gasteiger partial charge in [0.05, 0.1) is 5.60 Å². The lowest BCUT2D eigenvalue weighted by Crippen LogP contribution is -2.25. The summed E-state index contributed by atoms with van der Waals surface area (Å²) in [6.07, 6.45) is 2.40. The monoisotopic (exact) mass is 204 g/mol. The molecule has 0 aliphatic heterocycles. The Bertz CT molecular complexity index is 315. The summed E-state index contributed by atoms with van der Waals surface area (Å²) in [7, 11) is 0. The normalized spacial score (nSPS) is 14.6. The molecule has 1 aromatic carbocycles. The third-order valence-electron chi connectivity index (χ3n) is 2.57. The summed E-state index contributed by atoms with van der Waals surface area (Å²) >= 11 is 0. The molecule has 1 nitrogen and oxygen atoms in total. The van der Waals surface area contributed by atoms with Gasteiger partial charge in [0.25, 0.3) is 0 Å². The molecule has 0 bridgehead atoms. The highest BCUT2D eigenvalue weighted by Crippen LogP contribution is 2.32. The molecule has 0 heterocycles. The lowest BCUT2D eigenvalue weighted by Gasteiger charge is -2.28. The van der Waals surface area contributed by atoms with Gasteiger partial charge < -0.3 is 5.11 Å². The molecule has 82 valence electrons. The van der Waals surface area contributed by atoms with Crippen LogP contribution < -0.4 is 0 Å². The van der Waals surface area contributed by atoms with Crippen molar-refractivity contribution >= 4 is 0 Å². The highest BCUT2D eigenvalue weighted by Gasteiger charge is 2.27. The van der Waals surface area contributed by atoms with E-state index in [-0.39, 0.29) is 0 Å². The van der Waals surface area contributed by atoms with Crippen molar-refractivity contribution in [2.24, 2.45) is 0 Å². The van der Waals surface area contributed by atoms with Gasteiger partial charge in [-0.25, -0.2) is 0 Å². The minimum Gasteiger partial charge on any atom is -0.385 e. The average Bonchev–Trinajstić information content (AvgIpc) is 2.18. The van der Waals surface area contributed by atoms with Crippen molar-refractivity contribution in [3.63, 3.8) is 0 Å². The van der Waals surface area contributed by atoms with Crippen LogP contribution in [0.4, 0.5) is 0 Å². The fourth-order valence-electron chi connectivity index (χ4n) is 2.00. The first-order valence-corrected chi connectivity index (χ1v) is 5.51. The predicted octanol–water partition coefficient (Wildman–Crippen LogP) is 3.64. The summed E-state index contributed by atoms with van der Waals surface area (Å²) in [6.45, 7) is 7.94. The number of aliphatic hydroxyl groups is 1. The van der Waals surface area contributed by atoms with E-state index in [0.717, 1.165) is 24.0 Å². The first-order valence-electron chi connectivity index (χ1n) is 5.51. The highest BCUT2D eigenvalue weighted by atomic mass is 16.3. The van der Waals surface area contributed by atoms with Crippen molar-refractivity contribution in [3.05, 3.63) is 48.0 Å². The van der Waals surface area contributed by atoms with Gasteiger partial charge in [-0.3, -0.25) is 0 Å². The zero-order chi connectivity index (χ0) is 11.3. The second kappa shape index (κ2) is 5.13. The Hall–Kier alpha value is -1.08. The predicted molar refractivity (Wildman–Crippen MR) is 64.7 cm³/mol. The minimum absolute atomic E-state index is 0.644. The van der Waals surface area contributed by atoms with Crippen molar-refractivity contribution in [3.8, 4) is 0 Å². The van der Waals surface area contributed by atoms with Crippen LogP contribution in [0.15, 0.2) is 42.5 Å². The Balaban J connectivity index is 2.95. The Morgan fingerprint density at radius 1 is 1.33 bits per heavy atom. The molecule has 1 heteroatoms. The molecule has 1 atom stereocenters. The number of hydrogen-bond donors (Lipinski definition) is 1. The van der Waals surface area contributed by atoms with Crippen LogP contribution in [0.2, 0.25) is 0 Å². The summed E-state index contributed by atoms with van der Waals surface area (Å²) in [5, 5.41) is 10.6. The van der Waals surface area contributed by atoms with Crippen LogP contribution in [-0.2, 0) is 5.60 Å². The molecule has 0 radical (unpaired) electrons. The van der Waals surface area contributed by atoms with E-state index in [2.05, 4.69) is 13.5 Å². The minimum atomic E-state index is -0.734. The van der Waals surface area contributed by atoms with Crippen molar-refractivity contribution in [1.82, 2.24) is 0 Å². The van der Waals surface area contributed by atoms with Crippen LogP contribution in [0.1, 0.15) is 38.7 Å². The fraction of sp³-hybridized carbons (Fsp3) is 0.429. The molecule has 15 heavy (non-hydrogen) atoms. The van der Waals surface area contributed by atoms with Gasteiger partial charge in [0, 0.05) is 6.42 Å². The SMILES string of the molecule is C=C(C)CC(O)(CCC)c1ccccc1. The van der Waals surface area contributed by atoms with Crippen LogP contribution in [-0.4, -0.2) is 5.11 Å². The van der Waals surface area contributed by atoms with Crippen molar-refractivity contribution < 1.29 is 5.11 Å².